The molecule has 0 amide bonds. The molecule has 1 aromatic rings. The Balaban J connectivity index is 0.000000370. The van der Waals surface area contributed by atoms with Gasteiger partial charge in [0.15, 0.2) is 0 Å². The first-order chi connectivity index (χ1) is 9.04. The summed E-state index contributed by atoms with van der Waals surface area (Å²) in [5.41, 5.74) is 6.17. The van der Waals surface area contributed by atoms with E-state index in [0.29, 0.717) is 12.3 Å². The minimum absolute atomic E-state index is 0.0666. The summed E-state index contributed by atoms with van der Waals surface area (Å²) < 4.78 is 29.6. The lowest BCUT2D eigenvalue weighted by Gasteiger charge is -2.07. The van der Waals surface area contributed by atoms with Crippen molar-refractivity contribution in [2.75, 3.05) is 0 Å². The van der Waals surface area contributed by atoms with Crippen molar-refractivity contribution in [3.63, 3.8) is 0 Å². The van der Waals surface area contributed by atoms with Gasteiger partial charge >= 0.3 is 5.97 Å². The fourth-order valence-electron chi connectivity index (χ4n) is 1.32. The lowest BCUT2D eigenvalue weighted by molar-refractivity contribution is -0.138. The Kier molecular flexibility index (Phi) is 7.41. The van der Waals surface area contributed by atoms with Crippen molar-refractivity contribution >= 4 is 16.1 Å². The van der Waals surface area contributed by atoms with Crippen LogP contribution < -0.4 is 5.73 Å². The number of aliphatic carboxylic acids is 1. The Morgan fingerprint density at radius 2 is 1.70 bits per heavy atom. The summed E-state index contributed by atoms with van der Waals surface area (Å²) in [5.74, 6) is -0.556. The van der Waals surface area contributed by atoms with Gasteiger partial charge in [-0.1, -0.05) is 31.5 Å². The zero-order valence-corrected chi connectivity index (χ0v) is 12.6. The number of hydrogen-bond donors (Lipinski definition) is 3. The second-order valence-corrected chi connectivity index (χ2v) is 6.28. The van der Waals surface area contributed by atoms with Crippen molar-refractivity contribution in [1.82, 2.24) is 0 Å². The predicted octanol–water partition coefficient (Wildman–Crippen LogP) is 1.69. The van der Waals surface area contributed by atoms with Gasteiger partial charge in [0.25, 0.3) is 10.1 Å². The van der Waals surface area contributed by atoms with Crippen molar-refractivity contribution in [1.29, 1.82) is 0 Å². The van der Waals surface area contributed by atoms with E-state index >= 15 is 0 Å². The molecule has 0 aliphatic carbocycles. The molecule has 0 aromatic heterocycles. The molecule has 0 bridgehead atoms. The average Bonchev–Trinajstić information content (AvgIpc) is 2.28. The summed E-state index contributed by atoms with van der Waals surface area (Å²) in [5, 5.41) is 8.31. The molecule has 114 valence electrons. The zero-order valence-electron chi connectivity index (χ0n) is 11.8. The number of benzene rings is 1. The zero-order chi connectivity index (χ0) is 15.9. The van der Waals surface area contributed by atoms with Crippen LogP contribution in [0.4, 0.5) is 0 Å². The molecule has 0 spiro atoms. The van der Waals surface area contributed by atoms with E-state index in [1.54, 1.807) is 12.1 Å². The highest BCUT2D eigenvalue weighted by atomic mass is 32.2. The van der Waals surface area contributed by atoms with E-state index in [-0.39, 0.29) is 4.90 Å². The minimum Gasteiger partial charge on any atom is -0.480 e. The van der Waals surface area contributed by atoms with Crippen LogP contribution in [0.1, 0.15) is 25.8 Å². The second-order valence-electron chi connectivity index (χ2n) is 4.86. The summed E-state index contributed by atoms with van der Waals surface area (Å²) in [6, 6.07) is 5.30. The third kappa shape index (κ3) is 7.88. The molecule has 20 heavy (non-hydrogen) atoms. The fourth-order valence-corrected chi connectivity index (χ4v) is 1.80. The Bertz CT molecular complexity index is 522. The number of carbonyl (C=O) groups is 1. The topological polar surface area (TPSA) is 118 Å². The van der Waals surface area contributed by atoms with Crippen LogP contribution in [0.25, 0.3) is 0 Å². The second kappa shape index (κ2) is 7.98. The monoisotopic (exact) mass is 303 g/mol. The molecule has 1 aromatic carbocycles. The van der Waals surface area contributed by atoms with Gasteiger partial charge in [-0.25, -0.2) is 0 Å². The smallest absolute Gasteiger partial charge is 0.320 e. The normalized spacial score (nSPS) is 12.5. The number of carboxylic acids is 1. The van der Waals surface area contributed by atoms with Gasteiger partial charge in [0.05, 0.1) is 4.90 Å². The molecule has 0 saturated heterocycles. The van der Waals surface area contributed by atoms with Crippen LogP contribution in [0.15, 0.2) is 29.2 Å². The van der Waals surface area contributed by atoms with Crippen molar-refractivity contribution in [2.45, 2.75) is 38.1 Å². The van der Waals surface area contributed by atoms with E-state index in [1.807, 2.05) is 20.8 Å². The largest absolute Gasteiger partial charge is 0.480 e. The standard InChI is InChI=1S/C7H8O3S.C6H13NO2/c1-6-2-4-7(5-3-6)11(8,9)10;1-4(2)3-5(7)6(8)9/h2-5H,1H3,(H,8,9,10);4-5H,3,7H2,1-2H3,(H,8,9)/t;5-/m.0/s1. The third-order valence-electron chi connectivity index (χ3n) is 2.36. The Hall–Kier alpha value is -1.44. The Morgan fingerprint density at radius 3 is 1.95 bits per heavy atom. The Morgan fingerprint density at radius 1 is 1.25 bits per heavy atom. The number of hydrogen-bond acceptors (Lipinski definition) is 4. The fraction of sp³-hybridized carbons (Fsp3) is 0.462. The molecule has 1 atom stereocenters. The minimum atomic E-state index is -4.02. The maximum atomic E-state index is 10.5. The summed E-state index contributed by atoms with van der Waals surface area (Å²) in [4.78, 5) is 10.0. The number of nitrogens with two attached hydrogens (primary N) is 1. The molecule has 0 unspecified atom stereocenters. The maximum Gasteiger partial charge on any atom is 0.320 e. The van der Waals surface area contributed by atoms with Gasteiger partial charge in [0.2, 0.25) is 0 Å². The highest BCUT2D eigenvalue weighted by Gasteiger charge is 2.11. The maximum absolute atomic E-state index is 10.5. The van der Waals surface area contributed by atoms with E-state index in [9.17, 15) is 13.2 Å². The predicted molar refractivity (Wildman–Crippen MR) is 76.1 cm³/mol. The summed E-state index contributed by atoms with van der Waals surface area (Å²) >= 11 is 0. The number of carboxylic acid groups (broad SMARTS) is 1. The van der Waals surface area contributed by atoms with Gasteiger partial charge in [-0.2, -0.15) is 8.42 Å². The van der Waals surface area contributed by atoms with Gasteiger partial charge in [-0.3, -0.25) is 9.35 Å². The van der Waals surface area contributed by atoms with Crippen LogP contribution in [-0.4, -0.2) is 30.1 Å². The van der Waals surface area contributed by atoms with Gasteiger partial charge in [0, 0.05) is 0 Å². The lowest BCUT2D eigenvalue weighted by Crippen LogP contribution is -2.31. The molecule has 0 aliphatic heterocycles. The van der Waals surface area contributed by atoms with Crippen LogP contribution >= 0.6 is 0 Å². The van der Waals surface area contributed by atoms with E-state index < -0.39 is 22.1 Å². The molecular formula is C13H21NO5S. The number of aryl methyl sites for hydroxylation is 1. The van der Waals surface area contributed by atoms with E-state index in [0.717, 1.165) is 5.56 Å². The molecule has 0 radical (unpaired) electrons. The first kappa shape index (κ1) is 18.6. The number of rotatable bonds is 4. The SMILES string of the molecule is CC(C)C[C@H](N)C(=O)O.Cc1ccc(S(=O)(=O)O)cc1. The van der Waals surface area contributed by atoms with E-state index in [2.05, 4.69) is 0 Å². The molecule has 1 rings (SSSR count). The van der Waals surface area contributed by atoms with Gasteiger partial charge in [-0.05, 0) is 31.4 Å². The van der Waals surface area contributed by atoms with Crippen LogP contribution in [0.2, 0.25) is 0 Å². The van der Waals surface area contributed by atoms with Gasteiger partial charge in [-0.15, -0.1) is 0 Å². The van der Waals surface area contributed by atoms with Gasteiger partial charge in [0.1, 0.15) is 6.04 Å². The molecule has 0 saturated carbocycles. The Labute approximate surface area is 119 Å². The van der Waals surface area contributed by atoms with E-state index in [1.165, 1.54) is 12.1 Å². The molecule has 0 aliphatic rings. The molecule has 4 N–H and O–H groups in total. The summed E-state index contributed by atoms with van der Waals surface area (Å²) in [7, 11) is -4.02. The van der Waals surface area contributed by atoms with Crippen LogP contribution in [0, 0.1) is 12.8 Å². The van der Waals surface area contributed by atoms with Crippen LogP contribution in [-0.2, 0) is 14.9 Å². The van der Waals surface area contributed by atoms with Crippen LogP contribution in [0.3, 0.4) is 0 Å². The molecule has 0 heterocycles. The first-order valence-corrected chi connectivity index (χ1v) is 7.50. The average molecular weight is 303 g/mol. The van der Waals surface area contributed by atoms with E-state index in [4.69, 9.17) is 15.4 Å². The van der Waals surface area contributed by atoms with Crippen molar-refractivity contribution in [2.24, 2.45) is 11.7 Å². The highest BCUT2D eigenvalue weighted by molar-refractivity contribution is 7.85. The summed E-state index contributed by atoms with van der Waals surface area (Å²) in [6.07, 6.45) is 0.551. The van der Waals surface area contributed by atoms with Crippen LogP contribution in [0.5, 0.6) is 0 Å². The van der Waals surface area contributed by atoms with Crippen molar-refractivity contribution in [3.8, 4) is 0 Å². The molecule has 7 heteroatoms. The van der Waals surface area contributed by atoms with Crippen molar-refractivity contribution in [3.05, 3.63) is 29.8 Å². The highest BCUT2D eigenvalue weighted by Crippen LogP contribution is 2.08. The molecular weight excluding hydrogens is 282 g/mol. The third-order valence-corrected chi connectivity index (χ3v) is 3.23. The summed E-state index contributed by atoms with van der Waals surface area (Å²) in [6.45, 7) is 5.74. The molecule has 0 fully saturated rings. The lowest BCUT2D eigenvalue weighted by atomic mass is 10.1. The van der Waals surface area contributed by atoms with Crippen molar-refractivity contribution < 1.29 is 22.9 Å². The quantitative estimate of drug-likeness (QED) is 0.728. The van der Waals surface area contributed by atoms with Gasteiger partial charge < -0.3 is 10.8 Å². The molecule has 6 nitrogen and oxygen atoms in total. The first-order valence-electron chi connectivity index (χ1n) is 6.06.